The highest BCUT2D eigenvalue weighted by Gasteiger charge is 2.25. The molecule has 4 rings (SSSR count). The third kappa shape index (κ3) is 3.76. The molecule has 0 fully saturated rings. The van der Waals surface area contributed by atoms with Crippen LogP contribution in [0.5, 0.6) is 11.5 Å². The van der Waals surface area contributed by atoms with Crippen molar-refractivity contribution in [2.24, 2.45) is 5.10 Å². The Balaban J connectivity index is 1.37. The van der Waals surface area contributed by atoms with E-state index in [1.54, 1.807) is 12.1 Å². The van der Waals surface area contributed by atoms with E-state index in [4.69, 9.17) is 9.47 Å². The summed E-state index contributed by atoms with van der Waals surface area (Å²) >= 11 is 0. The summed E-state index contributed by atoms with van der Waals surface area (Å²) < 4.78 is 10.7. The molecule has 0 saturated carbocycles. The molecule has 0 aromatic heterocycles. The van der Waals surface area contributed by atoms with Gasteiger partial charge in [-0.1, -0.05) is 24.3 Å². The molecular weight excluding hydrogens is 346 g/mol. The summed E-state index contributed by atoms with van der Waals surface area (Å²) in [5, 5.41) is 8.44. The molecule has 27 heavy (non-hydrogen) atoms. The van der Waals surface area contributed by atoms with Crippen molar-refractivity contribution in [1.29, 1.82) is 0 Å². The summed E-state index contributed by atoms with van der Waals surface area (Å²) in [5.41, 5.74) is 2.07. The minimum absolute atomic E-state index is 0.113. The molecule has 0 aliphatic carbocycles. The van der Waals surface area contributed by atoms with Crippen molar-refractivity contribution in [3.63, 3.8) is 0 Å². The van der Waals surface area contributed by atoms with Crippen molar-refractivity contribution in [1.82, 2.24) is 5.32 Å². The van der Waals surface area contributed by atoms with Crippen LogP contribution < -0.4 is 19.8 Å². The number of rotatable bonds is 5. The molecule has 2 aliphatic heterocycles. The quantitative estimate of drug-likeness (QED) is 0.881. The molecule has 2 aromatic carbocycles. The molecule has 0 atom stereocenters. The minimum atomic E-state index is -0.246. The zero-order valence-corrected chi connectivity index (χ0v) is 14.7. The number of amides is 2. The van der Waals surface area contributed by atoms with Crippen molar-refractivity contribution >= 4 is 23.2 Å². The van der Waals surface area contributed by atoms with Crippen LogP contribution in [0.4, 0.5) is 5.69 Å². The predicted molar refractivity (Wildman–Crippen MR) is 99.9 cm³/mol. The molecule has 1 N–H and O–H groups in total. The van der Waals surface area contributed by atoms with Crippen LogP contribution in [0.1, 0.15) is 18.4 Å². The van der Waals surface area contributed by atoms with Gasteiger partial charge in [0.05, 0.1) is 5.69 Å². The Hall–Kier alpha value is -3.35. The van der Waals surface area contributed by atoms with E-state index in [1.807, 2.05) is 36.4 Å². The summed E-state index contributed by atoms with van der Waals surface area (Å²) in [6, 6.07) is 14.9. The van der Waals surface area contributed by atoms with Crippen LogP contribution in [0.2, 0.25) is 0 Å². The molecular formula is C20H19N3O4. The Morgan fingerprint density at radius 3 is 2.74 bits per heavy atom. The lowest BCUT2D eigenvalue weighted by Gasteiger charge is -2.23. The monoisotopic (exact) mass is 365 g/mol. The predicted octanol–water partition coefficient (Wildman–Crippen LogP) is 2.26. The smallest absolute Gasteiger partial charge is 0.267 e. The fourth-order valence-corrected chi connectivity index (χ4v) is 3.01. The third-order valence-electron chi connectivity index (χ3n) is 4.43. The number of hydrogen-bond acceptors (Lipinski definition) is 5. The van der Waals surface area contributed by atoms with Gasteiger partial charge in [0.15, 0.2) is 11.5 Å². The van der Waals surface area contributed by atoms with Gasteiger partial charge in [0, 0.05) is 19.4 Å². The first-order valence-electron chi connectivity index (χ1n) is 8.83. The Morgan fingerprint density at radius 1 is 1.07 bits per heavy atom. The molecule has 0 saturated heterocycles. The van der Waals surface area contributed by atoms with Crippen molar-refractivity contribution in [3.8, 4) is 11.5 Å². The topological polar surface area (TPSA) is 80.2 Å². The lowest BCUT2D eigenvalue weighted by molar-refractivity contribution is -0.118. The van der Waals surface area contributed by atoms with Gasteiger partial charge in [0.25, 0.3) is 5.91 Å². The van der Waals surface area contributed by atoms with E-state index in [1.165, 1.54) is 5.01 Å². The number of carbonyl (C=O) groups is 2. The molecule has 2 amide bonds. The highest BCUT2D eigenvalue weighted by molar-refractivity contribution is 6.40. The second-order valence-corrected chi connectivity index (χ2v) is 6.28. The number of nitrogens with zero attached hydrogens (tertiary/aromatic N) is 2. The fourth-order valence-electron chi connectivity index (χ4n) is 3.01. The van der Waals surface area contributed by atoms with Crippen LogP contribution in [-0.4, -0.2) is 30.9 Å². The lowest BCUT2D eigenvalue weighted by Crippen LogP contribution is -2.39. The lowest BCUT2D eigenvalue weighted by atomic mass is 10.1. The maximum absolute atomic E-state index is 12.4. The number of nitrogens with one attached hydrogen (secondary N) is 1. The molecule has 0 unspecified atom stereocenters. The van der Waals surface area contributed by atoms with Crippen molar-refractivity contribution in [2.75, 3.05) is 18.3 Å². The highest BCUT2D eigenvalue weighted by Crippen LogP contribution is 2.32. The number of anilines is 1. The first-order chi connectivity index (χ1) is 13.2. The van der Waals surface area contributed by atoms with E-state index >= 15 is 0 Å². The van der Waals surface area contributed by atoms with Gasteiger partial charge < -0.3 is 14.8 Å². The van der Waals surface area contributed by atoms with Gasteiger partial charge >= 0.3 is 0 Å². The molecule has 2 heterocycles. The molecule has 2 aromatic rings. The Bertz CT molecular complexity index is 895. The summed E-state index contributed by atoms with van der Waals surface area (Å²) in [7, 11) is 0. The second kappa shape index (κ2) is 7.49. The molecule has 0 radical (unpaired) electrons. The fraction of sp³-hybridized carbons (Fsp3) is 0.250. The molecule has 7 nitrogen and oxygen atoms in total. The molecule has 2 aliphatic rings. The number of carbonyl (C=O) groups excluding carboxylic acids is 2. The molecule has 0 spiro atoms. The molecule has 7 heteroatoms. The van der Waals surface area contributed by atoms with Crippen LogP contribution >= 0.6 is 0 Å². The number of ether oxygens (including phenoxy) is 2. The maximum atomic E-state index is 12.4. The van der Waals surface area contributed by atoms with Crippen molar-refractivity contribution < 1.29 is 19.1 Å². The van der Waals surface area contributed by atoms with E-state index in [0.29, 0.717) is 30.8 Å². The summed E-state index contributed by atoms with van der Waals surface area (Å²) in [5.74, 6) is 1.11. The van der Waals surface area contributed by atoms with Crippen LogP contribution in [0.15, 0.2) is 53.6 Å². The second-order valence-electron chi connectivity index (χ2n) is 6.28. The SMILES string of the molecule is O=C(NCCc1ccc2c(c1)OCO2)C1=NN(c2ccccc2)C(=O)CC1. The van der Waals surface area contributed by atoms with Crippen LogP contribution in [0.25, 0.3) is 0 Å². The Labute approximate surface area is 156 Å². The summed E-state index contributed by atoms with van der Waals surface area (Å²) in [6.07, 6.45) is 1.28. The van der Waals surface area contributed by atoms with Crippen LogP contribution in [0.3, 0.4) is 0 Å². The van der Waals surface area contributed by atoms with E-state index in [2.05, 4.69) is 10.4 Å². The summed E-state index contributed by atoms with van der Waals surface area (Å²) in [6.45, 7) is 0.711. The Kier molecular flexibility index (Phi) is 4.74. The van der Waals surface area contributed by atoms with Gasteiger partial charge in [-0.2, -0.15) is 5.10 Å². The molecule has 0 bridgehead atoms. The summed E-state index contributed by atoms with van der Waals surface area (Å²) in [4.78, 5) is 24.6. The zero-order valence-electron chi connectivity index (χ0n) is 14.7. The number of para-hydroxylation sites is 1. The van der Waals surface area contributed by atoms with Gasteiger partial charge in [-0.3, -0.25) is 9.59 Å². The minimum Gasteiger partial charge on any atom is -0.454 e. The van der Waals surface area contributed by atoms with Crippen LogP contribution in [0, 0.1) is 0 Å². The van der Waals surface area contributed by atoms with Crippen LogP contribution in [-0.2, 0) is 16.0 Å². The van der Waals surface area contributed by atoms with Gasteiger partial charge in [0.2, 0.25) is 12.7 Å². The van der Waals surface area contributed by atoms with Gasteiger partial charge in [-0.25, -0.2) is 5.01 Å². The van der Waals surface area contributed by atoms with Gasteiger partial charge in [-0.05, 0) is 36.2 Å². The van der Waals surface area contributed by atoms with E-state index in [9.17, 15) is 9.59 Å². The largest absolute Gasteiger partial charge is 0.454 e. The number of hydrazone groups is 1. The van der Waals surface area contributed by atoms with Gasteiger partial charge in [0.1, 0.15) is 5.71 Å². The average Bonchev–Trinajstić information content (AvgIpc) is 3.17. The van der Waals surface area contributed by atoms with Crippen molar-refractivity contribution in [2.45, 2.75) is 19.3 Å². The Morgan fingerprint density at radius 2 is 1.89 bits per heavy atom. The van der Waals surface area contributed by atoms with E-state index in [0.717, 1.165) is 17.1 Å². The zero-order chi connectivity index (χ0) is 18.6. The first-order valence-corrected chi connectivity index (χ1v) is 8.83. The maximum Gasteiger partial charge on any atom is 0.267 e. The average molecular weight is 365 g/mol. The first kappa shape index (κ1) is 17.1. The molecule has 138 valence electrons. The highest BCUT2D eigenvalue weighted by atomic mass is 16.7. The normalized spacial score (nSPS) is 15.5. The van der Waals surface area contributed by atoms with E-state index in [-0.39, 0.29) is 25.0 Å². The number of benzene rings is 2. The number of hydrogen-bond donors (Lipinski definition) is 1. The standard InChI is InChI=1S/C20H19N3O4/c24-19-9-7-16(22-23(19)15-4-2-1-3-5-15)20(25)21-11-10-14-6-8-17-18(12-14)27-13-26-17/h1-6,8,12H,7,9-11,13H2,(H,21,25). The third-order valence-corrected chi connectivity index (χ3v) is 4.43. The van der Waals surface area contributed by atoms with Gasteiger partial charge in [-0.15, -0.1) is 0 Å². The number of fused-ring (bicyclic) bond motifs is 1. The van der Waals surface area contributed by atoms with E-state index < -0.39 is 0 Å². The van der Waals surface area contributed by atoms with Crippen molar-refractivity contribution in [3.05, 3.63) is 54.1 Å².